The summed E-state index contributed by atoms with van der Waals surface area (Å²) in [6, 6.07) is 9.14. The molecule has 0 spiro atoms. The van der Waals surface area contributed by atoms with Crippen molar-refractivity contribution in [1.29, 1.82) is 0 Å². The molecule has 0 aliphatic carbocycles. The molecule has 2 atom stereocenters. The average Bonchev–Trinajstić information content (AvgIpc) is 3.18. The lowest BCUT2D eigenvalue weighted by Crippen LogP contribution is -2.46. The van der Waals surface area contributed by atoms with Gasteiger partial charge in [-0.05, 0) is 38.1 Å². The first-order chi connectivity index (χ1) is 14.6. The number of aromatic nitrogens is 3. The molecule has 1 aromatic carbocycles. The summed E-state index contributed by atoms with van der Waals surface area (Å²) in [5.74, 6) is 2.19. The number of hydrogen-bond donors (Lipinski definition) is 3. The minimum absolute atomic E-state index is 0.0418. The van der Waals surface area contributed by atoms with E-state index in [2.05, 4.69) is 32.5 Å². The summed E-state index contributed by atoms with van der Waals surface area (Å²) >= 11 is 0. The number of hydrogen-bond acceptors (Lipinski definition) is 6. The van der Waals surface area contributed by atoms with Crippen LogP contribution in [0.4, 0.5) is 10.5 Å². The number of carbonyl (C=O) groups is 1. The first kappa shape index (κ1) is 20.0. The molecule has 1 fully saturated rings. The van der Waals surface area contributed by atoms with E-state index in [1.165, 1.54) is 0 Å². The zero-order valence-corrected chi connectivity index (χ0v) is 17.3. The SMILES string of the molecule is COc1ccc2nc(C3CC(NC(=O)Nc4ccc(OC)nc4)CCN3C)[nH]c2c1. The number of piperidine rings is 1. The Morgan fingerprint density at radius 3 is 2.83 bits per heavy atom. The van der Waals surface area contributed by atoms with Crippen LogP contribution in [0.1, 0.15) is 24.7 Å². The zero-order chi connectivity index (χ0) is 21.1. The molecule has 3 heterocycles. The third-order valence-corrected chi connectivity index (χ3v) is 5.43. The topological polar surface area (TPSA) is 104 Å². The van der Waals surface area contributed by atoms with Crippen molar-refractivity contribution in [3.05, 3.63) is 42.4 Å². The number of ether oxygens (including phenoxy) is 2. The van der Waals surface area contributed by atoms with Gasteiger partial charge in [0, 0.05) is 24.7 Å². The van der Waals surface area contributed by atoms with Crippen molar-refractivity contribution in [2.24, 2.45) is 0 Å². The molecule has 0 saturated carbocycles. The molecule has 1 aliphatic heterocycles. The fourth-order valence-corrected chi connectivity index (χ4v) is 3.75. The first-order valence-corrected chi connectivity index (χ1v) is 9.87. The molecule has 0 radical (unpaired) electrons. The van der Waals surface area contributed by atoms with Crippen LogP contribution in [-0.4, -0.2) is 59.7 Å². The monoisotopic (exact) mass is 410 g/mol. The van der Waals surface area contributed by atoms with E-state index in [1.54, 1.807) is 32.5 Å². The van der Waals surface area contributed by atoms with Crippen molar-refractivity contribution in [3.63, 3.8) is 0 Å². The number of likely N-dealkylation sites (tertiary alicyclic amines) is 1. The summed E-state index contributed by atoms with van der Waals surface area (Å²) in [5.41, 5.74) is 2.46. The van der Waals surface area contributed by atoms with Crippen molar-refractivity contribution >= 4 is 22.8 Å². The molecule has 3 aromatic rings. The predicted octanol–water partition coefficient (Wildman–Crippen LogP) is 2.93. The Hall–Kier alpha value is -3.33. The quantitative estimate of drug-likeness (QED) is 0.597. The highest BCUT2D eigenvalue weighted by atomic mass is 16.5. The van der Waals surface area contributed by atoms with Gasteiger partial charge in [-0.2, -0.15) is 0 Å². The third kappa shape index (κ3) is 4.30. The first-order valence-electron chi connectivity index (χ1n) is 9.87. The highest BCUT2D eigenvalue weighted by Gasteiger charge is 2.30. The van der Waals surface area contributed by atoms with Crippen LogP contribution in [0.3, 0.4) is 0 Å². The minimum atomic E-state index is -0.246. The molecule has 1 saturated heterocycles. The van der Waals surface area contributed by atoms with Crippen LogP contribution in [0.25, 0.3) is 11.0 Å². The summed E-state index contributed by atoms with van der Waals surface area (Å²) in [4.78, 5) is 27.0. The van der Waals surface area contributed by atoms with Crippen LogP contribution < -0.4 is 20.1 Å². The van der Waals surface area contributed by atoms with E-state index in [0.717, 1.165) is 42.0 Å². The number of aromatic amines is 1. The average molecular weight is 410 g/mol. The maximum absolute atomic E-state index is 12.4. The van der Waals surface area contributed by atoms with Gasteiger partial charge in [0.2, 0.25) is 5.88 Å². The predicted molar refractivity (Wildman–Crippen MR) is 114 cm³/mol. The van der Waals surface area contributed by atoms with Gasteiger partial charge in [-0.25, -0.2) is 14.8 Å². The van der Waals surface area contributed by atoms with Crippen molar-refractivity contribution in [2.75, 3.05) is 33.1 Å². The van der Waals surface area contributed by atoms with E-state index in [0.29, 0.717) is 11.6 Å². The molecule has 2 amide bonds. The van der Waals surface area contributed by atoms with Gasteiger partial charge in [-0.3, -0.25) is 4.90 Å². The number of imidazole rings is 1. The zero-order valence-electron chi connectivity index (χ0n) is 17.3. The number of fused-ring (bicyclic) bond motifs is 1. The Labute approximate surface area is 174 Å². The Kier molecular flexibility index (Phi) is 5.71. The normalized spacial score (nSPS) is 19.4. The lowest BCUT2D eigenvalue weighted by Gasteiger charge is -2.36. The van der Waals surface area contributed by atoms with E-state index >= 15 is 0 Å². The Balaban J connectivity index is 1.42. The summed E-state index contributed by atoms with van der Waals surface area (Å²) in [7, 11) is 5.28. The van der Waals surface area contributed by atoms with Gasteiger partial charge in [0.05, 0.1) is 43.2 Å². The number of pyridine rings is 1. The highest BCUT2D eigenvalue weighted by molar-refractivity contribution is 5.89. The van der Waals surface area contributed by atoms with Gasteiger partial charge in [-0.1, -0.05) is 0 Å². The summed E-state index contributed by atoms with van der Waals surface area (Å²) in [6.07, 6.45) is 3.20. The molecule has 30 heavy (non-hydrogen) atoms. The molecular weight excluding hydrogens is 384 g/mol. The van der Waals surface area contributed by atoms with E-state index in [4.69, 9.17) is 14.5 Å². The number of nitrogens with one attached hydrogen (secondary N) is 3. The molecular formula is C21H26N6O3. The van der Waals surface area contributed by atoms with Crippen LogP contribution in [0.15, 0.2) is 36.5 Å². The number of anilines is 1. The number of nitrogens with zero attached hydrogens (tertiary/aromatic N) is 3. The van der Waals surface area contributed by atoms with Crippen molar-refractivity contribution in [2.45, 2.75) is 24.9 Å². The van der Waals surface area contributed by atoms with E-state index in [1.807, 2.05) is 18.2 Å². The van der Waals surface area contributed by atoms with E-state index in [9.17, 15) is 4.79 Å². The smallest absolute Gasteiger partial charge is 0.319 e. The standard InChI is InChI=1S/C21H26N6O3/c1-27-9-8-13(23-21(28)24-14-4-7-19(30-3)22-12-14)10-18(27)20-25-16-6-5-15(29-2)11-17(16)26-20/h4-7,11-13,18H,8-10H2,1-3H3,(H,25,26)(H2,23,24,28). The molecule has 2 unspecified atom stereocenters. The number of carbonyl (C=O) groups excluding carboxylic acids is 1. The third-order valence-electron chi connectivity index (χ3n) is 5.43. The fraction of sp³-hybridized carbons (Fsp3) is 0.381. The largest absolute Gasteiger partial charge is 0.497 e. The summed E-state index contributed by atoms with van der Waals surface area (Å²) in [6.45, 7) is 0.861. The summed E-state index contributed by atoms with van der Waals surface area (Å²) < 4.78 is 10.3. The van der Waals surface area contributed by atoms with Crippen LogP contribution in [0.5, 0.6) is 11.6 Å². The molecule has 0 bridgehead atoms. The van der Waals surface area contributed by atoms with Crippen LogP contribution in [-0.2, 0) is 0 Å². The molecule has 9 nitrogen and oxygen atoms in total. The molecule has 1 aliphatic rings. The maximum Gasteiger partial charge on any atom is 0.319 e. The number of methoxy groups -OCH3 is 2. The number of benzene rings is 1. The van der Waals surface area contributed by atoms with Gasteiger partial charge in [0.15, 0.2) is 0 Å². The lowest BCUT2D eigenvalue weighted by molar-refractivity contribution is 0.153. The molecule has 158 valence electrons. The van der Waals surface area contributed by atoms with Crippen molar-refractivity contribution < 1.29 is 14.3 Å². The number of urea groups is 1. The van der Waals surface area contributed by atoms with Gasteiger partial charge in [0.25, 0.3) is 0 Å². The lowest BCUT2D eigenvalue weighted by atomic mass is 9.97. The molecule has 3 N–H and O–H groups in total. The second-order valence-corrected chi connectivity index (χ2v) is 7.41. The fourth-order valence-electron chi connectivity index (χ4n) is 3.75. The number of amides is 2. The van der Waals surface area contributed by atoms with Crippen LogP contribution in [0, 0.1) is 0 Å². The molecule has 4 rings (SSSR count). The van der Waals surface area contributed by atoms with Crippen LogP contribution in [0.2, 0.25) is 0 Å². The van der Waals surface area contributed by atoms with Crippen molar-refractivity contribution in [1.82, 2.24) is 25.2 Å². The Morgan fingerprint density at radius 2 is 2.10 bits per heavy atom. The van der Waals surface area contributed by atoms with E-state index < -0.39 is 0 Å². The minimum Gasteiger partial charge on any atom is -0.497 e. The Bertz CT molecular complexity index is 1020. The maximum atomic E-state index is 12.4. The van der Waals surface area contributed by atoms with Gasteiger partial charge in [-0.15, -0.1) is 0 Å². The summed E-state index contributed by atoms with van der Waals surface area (Å²) in [5, 5.41) is 5.89. The highest BCUT2D eigenvalue weighted by Crippen LogP contribution is 2.30. The van der Waals surface area contributed by atoms with E-state index in [-0.39, 0.29) is 18.1 Å². The number of H-pyrrole nitrogens is 1. The van der Waals surface area contributed by atoms with Crippen molar-refractivity contribution in [3.8, 4) is 11.6 Å². The van der Waals surface area contributed by atoms with Gasteiger partial charge >= 0.3 is 6.03 Å². The van der Waals surface area contributed by atoms with Gasteiger partial charge in [0.1, 0.15) is 11.6 Å². The van der Waals surface area contributed by atoms with Crippen LogP contribution >= 0.6 is 0 Å². The Morgan fingerprint density at radius 1 is 1.23 bits per heavy atom. The number of rotatable bonds is 5. The molecule has 2 aromatic heterocycles. The second-order valence-electron chi connectivity index (χ2n) is 7.41. The second kappa shape index (κ2) is 8.58. The van der Waals surface area contributed by atoms with Gasteiger partial charge < -0.3 is 25.1 Å². The molecule has 9 heteroatoms.